The van der Waals surface area contributed by atoms with Crippen LogP contribution in [0.4, 0.5) is 13.2 Å². The Labute approximate surface area is 149 Å². The lowest BCUT2D eigenvalue weighted by atomic mass is 10.1. The molecule has 0 aliphatic rings. The quantitative estimate of drug-likeness (QED) is 0.739. The van der Waals surface area contributed by atoms with Gasteiger partial charge in [-0.3, -0.25) is 0 Å². The monoisotopic (exact) mass is 387 g/mol. The van der Waals surface area contributed by atoms with Crippen molar-refractivity contribution in [2.45, 2.75) is 17.6 Å². The van der Waals surface area contributed by atoms with Crippen LogP contribution in [0.25, 0.3) is 0 Å². The molecule has 0 saturated carbocycles. The van der Waals surface area contributed by atoms with Gasteiger partial charge in [0.1, 0.15) is 0 Å². The molecule has 0 aliphatic heterocycles. The molecule has 0 bridgehead atoms. The Balaban J connectivity index is 2.43. The zero-order valence-electron chi connectivity index (χ0n) is 13.9. The van der Waals surface area contributed by atoms with Crippen molar-refractivity contribution in [3.05, 3.63) is 65.2 Å². The van der Waals surface area contributed by atoms with Crippen molar-refractivity contribution in [2.75, 3.05) is 14.2 Å². The van der Waals surface area contributed by atoms with Crippen molar-refractivity contribution >= 4 is 16.0 Å². The van der Waals surface area contributed by atoms with E-state index in [1.165, 1.54) is 42.5 Å². The van der Waals surface area contributed by atoms with Gasteiger partial charge in [-0.1, -0.05) is 30.3 Å². The normalized spacial score (nSPS) is 12.2. The van der Waals surface area contributed by atoms with Crippen LogP contribution in [0.15, 0.2) is 53.4 Å². The average molecular weight is 387 g/mol. The van der Waals surface area contributed by atoms with Crippen molar-refractivity contribution in [2.24, 2.45) is 0 Å². The van der Waals surface area contributed by atoms with Crippen LogP contribution in [0.3, 0.4) is 0 Å². The second-order valence-electron chi connectivity index (χ2n) is 5.40. The predicted molar refractivity (Wildman–Crippen MR) is 87.9 cm³/mol. The van der Waals surface area contributed by atoms with Gasteiger partial charge in [0.2, 0.25) is 10.0 Å². The number of sulfonamides is 1. The molecule has 0 unspecified atom stereocenters. The van der Waals surface area contributed by atoms with Gasteiger partial charge in [-0.15, -0.1) is 0 Å². The van der Waals surface area contributed by atoms with Gasteiger partial charge in [0.25, 0.3) is 0 Å². The summed E-state index contributed by atoms with van der Waals surface area (Å²) in [6.07, 6.45) is -4.61. The van der Waals surface area contributed by atoms with E-state index in [4.69, 9.17) is 0 Å². The van der Waals surface area contributed by atoms with Crippen molar-refractivity contribution in [1.82, 2.24) is 4.31 Å². The minimum atomic E-state index is -4.61. The van der Waals surface area contributed by atoms with Gasteiger partial charge >= 0.3 is 12.1 Å². The Kier molecular flexibility index (Phi) is 5.72. The number of carbonyl (C=O) groups is 1. The van der Waals surface area contributed by atoms with Gasteiger partial charge in [-0.2, -0.15) is 17.5 Å². The number of hydrogen-bond acceptors (Lipinski definition) is 4. The van der Waals surface area contributed by atoms with Crippen LogP contribution < -0.4 is 0 Å². The number of hydrogen-bond donors (Lipinski definition) is 0. The molecule has 0 spiro atoms. The lowest BCUT2D eigenvalue weighted by Crippen LogP contribution is -2.29. The van der Waals surface area contributed by atoms with Crippen LogP contribution in [0.1, 0.15) is 21.5 Å². The summed E-state index contributed by atoms with van der Waals surface area (Å²) in [5, 5.41) is 0. The molecule has 0 amide bonds. The molecule has 0 atom stereocenters. The molecule has 0 heterocycles. The summed E-state index contributed by atoms with van der Waals surface area (Å²) < 4.78 is 70.2. The highest BCUT2D eigenvalue weighted by Crippen LogP contribution is 2.33. The minimum Gasteiger partial charge on any atom is -0.465 e. The molecule has 2 aromatic rings. The predicted octanol–water partition coefficient (Wildman–Crippen LogP) is 3.31. The summed E-state index contributed by atoms with van der Waals surface area (Å²) in [6, 6.07) is 10.1. The molecule has 0 saturated heterocycles. The van der Waals surface area contributed by atoms with E-state index in [0.717, 1.165) is 24.5 Å². The zero-order valence-corrected chi connectivity index (χ0v) is 14.8. The number of ether oxygens (including phenoxy) is 1. The molecule has 0 aromatic heterocycles. The van der Waals surface area contributed by atoms with Crippen LogP contribution in [0.5, 0.6) is 0 Å². The third kappa shape index (κ3) is 4.05. The highest BCUT2D eigenvalue weighted by atomic mass is 32.2. The first kappa shape index (κ1) is 19.9. The summed E-state index contributed by atoms with van der Waals surface area (Å²) in [4.78, 5) is 11.5. The Morgan fingerprint density at radius 1 is 1.08 bits per heavy atom. The molecule has 26 heavy (non-hydrogen) atoms. The Hall–Kier alpha value is -2.39. The zero-order chi connectivity index (χ0) is 19.5. The third-order valence-electron chi connectivity index (χ3n) is 3.70. The van der Waals surface area contributed by atoms with Crippen LogP contribution in [-0.2, 0) is 27.5 Å². The second-order valence-corrected chi connectivity index (χ2v) is 7.42. The number of halogens is 3. The molecule has 0 aliphatic carbocycles. The van der Waals surface area contributed by atoms with Crippen molar-refractivity contribution in [1.29, 1.82) is 0 Å². The lowest BCUT2D eigenvalue weighted by Gasteiger charge is -2.21. The SMILES string of the molecule is COC(=O)c1ccccc1S(=O)(=O)N(C)Cc1ccccc1C(F)(F)F. The van der Waals surface area contributed by atoms with E-state index >= 15 is 0 Å². The first-order chi connectivity index (χ1) is 12.1. The molecule has 140 valence electrons. The lowest BCUT2D eigenvalue weighted by molar-refractivity contribution is -0.138. The molecule has 2 rings (SSSR count). The standard InChI is InChI=1S/C17H16F3NO4S/c1-21(11-12-7-3-5-9-14(12)17(18,19)20)26(23,24)15-10-6-4-8-13(15)16(22)25-2/h3-10H,11H2,1-2H3. The number of alkyl halides is 3. The van der Waals surface area contributed by atoms with E-state index in [0.29, 0.717) is 0 Å². The van der Waals surface area contributed by atoms with Crippen molar-refractivity contribution in [3.63, 3.8) is 0 Å². The highest BCUT2D eigenvalue weighted by molar-refractivity contribution is 7.89. The van der Waals surface area contributed by atoms with Gasteiger partial charge in [0, 0.05) is 13.6 Å². The van der Waals surface area contributed by atoms with E-state index in [-0.39, 0.29) is 16.0 Å². The summed E-state index contributed by atoms with van der Waals surface area (Å²) in [7, 11) is -1.96. The number of methoxy groups -OCH3 is 1. The number of esters is 1. The molecule has 5 nitrogen and oxygen atoms in total. The van der Waals surface area contributed by atoms with Gasteiger partial charge < -0.3 is 4.74 Å². The summed E-state index contributed by atoms with van der Waals surface area (Å²) in [6.45, 7) is -0.506. The van der Waals surface area contributed by atoms with E-state index in [1.54, 1.807) is 0 Å². The minimum absolute atomic E-state index is 0.189. The fourth-order valence-corrected chi connectivity index (χ4v) is 3.72. The molecule has 0 fully saturated rings. The number of rotatable bonds is 5. The second kappa shape index (κ2) is 7.46. The Morgan fingerprint density at radius 2 is 1.65 bits per heavy atom. The first-order valence-corrected chi connectivity index (χ1v) is 8.82. The average Bonchev–Trinajstić information content (AvgIpc) is 2.60. The number of benzene rings is 2. The number of carbonyl (C=O) groups excluding carboxylic acids is 1. The third-order valence-corrected chi connectivity index (χ3v) is 5.56. The van der Waals surface area contributed by atoms with Crippen LogP contribution >= 0.6 is 0 Å². The van der Waals surface area contributed by atoms with Gasteiger partial charge in [0.05, 0.1) is 23.1 Å². The maximum absolute atomic E-state index is 13.1. The fourth-order valence-electron chi connectivity index (χ4n) is 2.40. The summed E-state index contributed by atoms with van der Waals surface area (Å²) in [5.41, 5.74) is -1.30. The first-order valence-electron chi connectivity index (χ1n) is 7.38. The van der Waals surface area contributed by atoms with Crippen LogP contribution in [0.2, 0.25) is 0 Å². The van der Waals surface area contributed by atoms with E-state index in [9.17, 15) is 26.4 Å². The molecule has 9 heteroatoms. The highest BCUT2D eigenvalue weighted by Gasteiger charge is 2.34. The smallest absolute Gasteiger partial charge is 0.416 e. The largest absolute Gasteiger partial charge is 0.465 e. The van der Waals surface area contributed by atoms with E-state index in [2.05, 4.69) is 4.74 Å². The molecular formula is C17H16F3NO4S. The maximum Gasteiger partial charge on any atom is 0.416 e. The maximum atomic E-state index is 13.1. The fraction of sp³-hybridized carbons (Fsp3) is 0.235. The van der Waals surface area contributed by atoms with E-state index < -0.39 is 34.3 Å². The van der Waals surface area contributed by atoms with Gasteiger partial charge in [-0.25, -0.2) is 13.2 Å². The van der Waals surface area contributed by atoms with Crippen molar-refractivity contribution in [3.8, 4) is 0 Å². The van der Waals surface area contributed by atoms with Gasteiger partial charge in [-0.05, 0) is 23.8 Å². The molecule has 2 aromatic carbocycles. The molecular weight excluding hydrogens is 371 g/mol. The van der Waals surface area contributed by atoms with E-state index in [1.807, 2.05) is 0 Å². The van der Waals surface area contributed by atoms with Gasteiger partial charge in [0.15, 0.2) is 0 Å². The van der Waals surface area contributed by atoms with Crippen molar-refractivity contribution < 1.29 is 31.1 Å². The summed E-state index contributed by atoms with van der Waals surface area (Å²) >= 11 is 0. The number of nitrogens with zero attached hydrogens (tertiary/aromatic N) is 1. The topological polar surface area (TPSA) is 63.7 Å². The Morgan fingerprint density at radius 3 is 2.27 bits per heavy atom. The Bertz CT molecular complexity index is 910. The van der Waals surface area contributed by atoms with Crippen LogP contribution in [-0.4, -0.2) is 32.8 Å². The van der Waals surface area contributed by atoms with Crippen LogP contribution in [0, 0.1) is 0 Å². The molecule has 0 N–H and O–H groups in total. The summed E-state index contributed by atoms with van der Waals surface area (Å²) in [5.74, 6) is -0.853. The molecule has 0 radical (unpaired) electrons.